The second-order valence-electron chi connectivity index (χ2n) is 3.09. The van der Waals surface area contributed by atoms with Gasteiger partial charge in [-0.25, -0.2) is 4.79 Å². The maximum absolute atomic E-state index is 11.0. The monoisotopic (exact) mass is 222 g/mol. The molecule has 0 spiro atoms. The average Bonchev–Trinajstić information content (AvgIpc) is 1.94. The third kappa shape index (κ3) is 6.41. The molecule has 0 aromatic rings. The predicted molar refractivity (Wildman–Crippen MR) is 51.5 cm³/mol. The molecule has 0 aromatic heterocycles. The minimum Gasteiger partial charge on any atom is -0.480 e. The number of nitrogens with one attached hydrogen (secondary N) is 2. The van der Waals surface area contributed by atoms with Crippen molar-refractivity contribution in [2.45, 2.75) is 19.4 Å². The molecule has 0 aliphatic carbocycles. The minimum absolute atomic E-state index is 0.00769. The summed E-state index contributed by atoms with van der Waals surface area (Å²) in [5, 5.41) is 10.9. The quantitative estimate of drug-likeness (QED) is 0.590. The number of carbonyl (C=O) groups is 2. The molecule has 7 heteroatoms. The Morgan fingerprint density at radius 1 is 1.57 bits per heavy atom. The Morgan fingerprint density at radius 2 is 2.07 bits per heavy atom. The highest BCUT2D eigenvalue weighted by molar-refractivity contribution is 7.91. The van der Waals surface area contributed by atoms with Gasteiger partial charge in [0, 0.05) is 28.7 Å². The van der Waals surface area contributed by atoms with Gasteiger partial charge in [0.1, 0.15) is 6.04 Å². The summed E-state index contributed by atoms with van der Waals surface area (Å²) in [4.78, 5) is 21.2. The fraction of sp³-hybridized carbons (Fsp3) is 0.714. The first-order valence-corrected chi connectivity index (χ1v) is 6.07. The molecule has 3 N–H and O–H groups in total. The standard InChI is InChI=1S/C7H14N2O4S/c1-5(10)9-6(7(11)12)3-4-14(2,8)13/h6,8H,3-4H2,1-2H3,(H,9,10)(H,11,12). The predicted octanol–water partition coefficient (Wildman–Crippen LogP) is -0.358. The van der Waals surface area contributed by atoms with E-state index >= 15 is 0 Å². The Labute approximate surface area is 82.7 Å². The fourth-order valence-electron chi connectivity index (χ4n) is 0.845. The van der Waals surface area contributed by atoms with Gasteiger partial charge in [-0.2, -0.15) is 0 Å². The number of hydrogen-bond donors (Lipinski definition) is 3. The molecule has 0 heterocycles. The van der Waals surface area contributed by atoms with Crippen LogP contribution in [0.25, 0.3) is 0 Å². The Hall–Kier alpha value is -1.11. The Balaban J connectivity index is 4.25. The number of carboxylic acid groups (broad SMARTS) is 1. The normalized spacial score (nSPS) is 16.7. The highest BCUT2D eigenvalue weighted by Gasteiger charge is 2.18. The van der Waals surface area contributed by atoms with Crippen molar-refractivity contribution in [2.24, 2.45) is 0 Å². The van der Waals surface area contributed by atoms with Crippen molar-refractivity contribution >= 4 is 21.6 Å². The van der Waals surface area contributed by atoms with Crippen LogP contribution in [0.1, 0.15) is 13.3 Å². The topological polar surface area (TPSA) is 107 Å². The van der Waals surface area contributed by atoms with Crippen molar-refractivity contribution in [3.05, 3.63) is 0 Å². The molecule has 0 rings (SSSR count). The summed E-state index contributed by atoms with van der Waals surface area (Å²) in [7, 11) is -2.70. The second kappa shape index (κ2) is 4.94. The van der Waals surface area contributed by atoms with Gasteiger partial charge < -0.3 is 10.4 Å². The van der Waals surface area contributed by atoms with E-state index in [1.165, 1.54) is 13.2 Å². The van der Waals surface area contributed by atoms with E-state index in [9.17, 15) is 13.8 Å². The molecule has 6 nitrogen and oxygen atoms in total. The van der Waals surface area contributed by atoms with E-state index < -0.39 is 27.6 Å². The zero-order chi connectivity index (χ0) is 11.4. The van der Waals surface area contributed by atoms with Crippen LogP contribution >= 0.6 is 0 Å². The molecule has 2 unspecified atom stereocenters. The van der Waals surface area contributed by atoms with Gasteiger partial charge in [0.2, 0.25) is 5.91 Å². The summed E-state index contributed by atoms with van der Waals surface area (Å²) < 4.78 is 18.0. The summed E-state index contributed by atoms with van der Waals surface area (Å²) in [5.41, 5.74) is 0. The number of amides is 1. The van der Waals surface area contributed by atoms with Crippen LogP contribution in [0.3, 0.4) is 0 Å². The van der Waals surface area contributed by atoms with Gasteiger partial charge in [-0.1, -0.05) is 0 Å². The summed E-state index contributed by atoms with van der Waals surface area (Å²) >= 11 is 0. The molecule has 1 amide bonds. The van der Waals surface area contributed by atoms with Gasteiger partial charge in [0.15, 0.2) is 0 Å². The van der Waals surface area contributed by atoms with Gasteiger partial charge in [0.05, 0.1) is 0 Å². The maximum Gasteiger partial charge on any atom is 0.326 e. The van der Waals surface area contributed by atoms with Gasteiger partial charge >= 0.3 is 5.97 Å². The molecule has 0 saturated heterocycles. The molecule has 0 radical (unpaired) electrons. The molecule has 0 fully saturated rings. The van der Waals surface area contributed by atoms with Crippen LogP contribution in [0.15, 0.2) is 0 Å². The maximum atomic E-state index is 11.0. The van der Waals surface area contributed by atoms with Gasteiger partial charge in [-0.3, -0.25) is 13.8 Å². The van der Waals surface area contributed by atoms with Crippen molar-refractivity contribution in [3.8, 4) is 0 Å². The number of rotatable bonds is 5. The summed E-state index contributed by atoms with van der Waals surface area (Å²) in [6.45, 7) is 1.21. The molecular formula is C7H14N2O4S. The largest absolute Gasteiger partial charge is 0.480 e. The molecule has 0 saturated carbocycles. The lowest BCUT2D eigenvalue weighted by molar-refractivity contribution is -0.141. The Kier molecular flexibility index (Phi) is 4.55. The number of hydrogen-bond acceptors (Lipinski definition) is 4. The van der Waals surface area contributed by atoms with Crippen molar-refractivity contribution in [1.29, 1.82) is 4.78 Å². The third-order valence-corrected chi connectivity index (χ3v) is 2.49. The van der Waals surface area contributed by atoms with Crippen LogP contribution in [-0.4, -0.2) is 39.2 Å². The molecule has 0 aliphatic heterocycles. The van der Waals surface area contributed by atoms with Crippen molar-refractivity contribution in [1.82, 2.24) is 5.32 Å². The van der Waals surface area contributed by atoms with Crippen LogP contribution in [0.5, 0.6) is 0 Å². The SMILES string of the molecule is CC(=O)NC(CCS(C)(=N)=O)C(=O)O. The lowest BCUT2D eigenvalue weighted by atomic mass is 10.2. The molecular weight excluding hydrogens is 208 g/mol. The lowest BCUT2D eigenvalue weighted by Crippen LogP contribution is -2.40. The number of aliphatic carboxylic acids is 1. The first kappa shape index (κ1) is 12.9. The van der Waals surface area contributed by atoms with Crippen molar-refractivity contribution < 1.29 is 18.9 Å². The summed E-state index contributed by atoms with van der Waals surface area (Å²) in [5.74, 6) is -1.67. The molecule has 0 bridgehead atoms. The smallest absolute Gasteiger partial charge is 0.326 e. The van der Waals surface area contributed by atoms with Crippen LogP contribution < -0.4 is 5.32 Å². The Bertz CT molecular complexity index is 323. The van der Waals surface area contributed by atoms with E-state index in [0.717, 1.165) is 0 Å². The first-order chi connectivity index (χ1) is 6.22. The van der Waals surface area contributed by atoms with Crippen molar-refractivity contribution in [3.63, 3.8) is 0 Å². The van der Waals surface area contributed by atoms with Crippen LogP contribution in [0.4, 0.5) is 0 Å². The van der Waals surface area contributed by atoms with E-state index in [-0.39, 0.29) is 12.2 Å². The Morgan fingerprint density at radius 3 is 2.36 bits per heavy atom. The zero-order valence-electron chi connectivity index (χ0n) is 8.07. The second-order valence-corrected chi connectivity index (χ2v) is 5.51. The highest BCUT2D eigenvalue weighted by atomic mass is 32.2. The van der Waals surface area contributed by atoms with Crippen LogP contribution in [0.2, 0.25) is 0 Å². The van der Waals surface area contributed by atoms with E-state index in [0.29, 0.717) is 0 Å². The highest BCUT2D eigenvalue weighted by Crippen LogP contribution is 1.97. The first-order valence-electron chi connectivity index (χ1n) is 3.94. The van der Waals surface area contributed by atoms with Gasteiger partial charge in [-0.05, 0) is 6.42 Å². The summed E-state index contributed by atoms with van der Waals surface area (Å²) in [6.07, 6.45) is 1.24. The third-order valence-electron chi connectivity index (χ3n) is 1.47. The molecule has 0 aromatic carbocycles. The number of carboxylic acids is 1. The van der Waals surface area contributed by atoms with E-state index in [2.05, 4.69) is 5.32 Å². The van der Waals surface area contributed by atoms with Gasteiger partial charge in [-0.15, -0.1) is 0 Å². The fourth-order valence-corrected chi connectivity index (χ4v) is 1.53. The molecule has 2 atom stereocenters. The van der Waals surface area contributed by atoms with Crippen LogP contribution in [0, 0.1) is 4.78 Å². The van der Waals surface area contributed by atoms with Crippen molar-refractivity contribution in [2.75, 3.05) is 12.0 Å². The zero-order valence-corrected chi connectivity index (χ0v) is 8.89. The van der Waals surface area contributed by atoms with Gasteiger partial charge in [0.25, 0.3) is 0 Å². The average molecular weight is 222 g/mol. The summed E-state index contributed by atoms with van der Waals surface area (Å²) in [6, 6.07) is -1.06. The van der Waals surface area contributed by atoms with E-state index in [1.807, 2.05) is 0 Å². The molecule has 14 heavy (non-hydrogen) atoms. The minimum atomic E-state index is -2.70. The van der Waals surface area contributed by atoms with Crippen LogP contribution in [-0.2, 0) is 19.3 Å². The van der Waals surface area contributed by atoms with E-state index in [4.69, 9.17) is 9.89 Å². The molecule has 0 aliphatic rings. The number of carbonyl (C=O) groups excluding carboxylic acids is 1. The molecule has 82 valence electrons. The lowest BCUT2D eigenvalue weighted by Gasteiger charge is -2.12. The van der Waals surface area contributed by atoms with E-state index in [1.54, 1.807) is 0 Å².